The molecule has 2 amide bonds. The Kier molecular flexibility index (Phi) is 30.2. The number of aryl methyl sites for hydroxylation is 4. The van der Waals surface area contributed by atoms with Crippen LogP contribution in [0.15, 0.2) is 57.6 Å². The number of nitrogens with one attached hydrogen (secondary N) is 3. The lowest BCUT2D eigenvalue weighted by molar-refractivity contribution is -0.683. The molecule has 4 heterocycles. The maximum absolute atomic E-state index is 12.4. The van der Waals surface area contributed by atoms with Gasteiger partial charge in [0, 0.05) is 75.2 Å². The molecule has 432 valence electrons. The molecule has 7 N–H and O–H groups in total. The molecule has 0 unspecified atom stereocenters. The van der Waals surface area contributed by atoms with Crippen molar-refractivity contribution in [2.45, 2.75) is 169 Å². The van der Waals surface area contributed by atoms with Gasteiger partial charge in [0.2, 0.25) is 17.6 Å². The molecule has 4 aromatic rings. The summed E-state index contributed by atoms with van der Waals surface area (Å²) in [5.74, 6) is -2.70. The zero-order chi connectivity index (χ0) is 57.1. The predicted octanol–water partition coefficient (Wildman–Crippen LogP) is 5.88. The van der Waals surface area contributed by atoms with Gasteiger partial charge < -0.3 is 53.5 Å². The van der Waals surface area contributed by atoms with Crippen LogP contribution in [0.4, 0.5) is 61.2 Å². The number of carbonyl (C=O) groups is 5. The number of hydrogen-bond donors (Lipinski definition) is 5. The number of anilines is 2. The monoisotopic (exact) mass is 1230 g/mol. The number of Topliss-reactive ketones (excluding diaryl/α,β-unsaturated/α-hetero) is 1. The highest BCUT2D eigenvalue weighted by molar-refractivity contribution is 9.09. The fourth-order valence-corrected chi connectivity index (χ4v) is 6.55. The zero-order valence-corrected chi connectivity index (χ0v) is 47.3. The number of azo groups is 2. The third-order valence-electron chi connectivity index (χ3n) is 9.66. The highest BCUT2D eigenvalue weighted by Crippen LogP contribution is 2.26. The average Bonchev–Trinajstić information content (AvgIpc) is 4.12. The lowest BCUT2D eigenvalue weighted by atomic mass is 10.2. The van der Waals surface area contributed by atoms with Crippen molar-refractivity contribution >= 4 is 80.4 Å². The first-order valence-electron chi connectivity index (χ1n) is 24.2. The number of carbonyl (C=O) groups excluding carboxylic acids is 5. The number of nitrogens with zero attached hydrogens (tertiary/aromatic N) is 11. The summed E-state index contributed by atoms with van der Waals surface area (Å²) >= 11 is 3.06. The van der Waals surface area contributed by atoms with Gasteiger partial charge in [-0.15, -0.1) is 10.2 Å². The van der Waals surface area contributed by atoms with E-state index in [4.69, 9.17) is 20.9 Å². The van der Waals surface area contributed by atoms with Crippen molar-refractivity contribution in [3.63, 3.8) is 0 Å². The van der Waals surface area contributed by atoms with Crippen LogP contribution in [0, 0.1) is 0 Å². The van der Waals surface area contributed by atoms with Gasteiger partial charge >= 0.3 is 36.1 Å². The van der Waals surface area contributed by atoms with Crippen LogP contribution in [-0.2, 0) is 59.6 Å². The third kappa shape index (κ3) is 29.2. The molecule has 0 radical (unpaired) electrons. The van der Waals surface area contributed by atoms with E-state index in [-0.39, 0.29) is 66.6 Å². The number of nitrogens with two attached hydrogens (primary N) is 2. The fraction of sp³-hybridized carbons (Fsp3) is 0.630. The van der Waals surface area contributed by atoms with E-state index in [1.54, 1.807) is 49.5 Å². The number of esters is 2. The molecule has 31 heteroatoms. The second kappa shape index (κ2) is 33.8. The Morgan fingerprint density at radius 1 is 0.701 bits per heavy atom. The number of nitrogen functional groups attached to an aromatic ring is 2. The van der Waals surface area contributed by atoms with Crippen molar-refractivity contribution in [3.05, 3.63) is 37.2 Å². The van der Waals surface area contributed by atoms with Crippen molar-refractivity contribution in [2.24, 2.45) is 20.5 Å². The van der Waals surface area contributed by atoms with Gasteiger partial charge in [0.25, 0.3) is 0 Å². The van der Waals surface area contributed by atoms with E-state index in [2.05, 4.69) is 61.9 Å². The summed E-state index contributed by atoms with van der Waals surface area (Å²) in [4.78, 5) is 62.7. The minimum Gasteiger partial charge on any atom is -1.00 e. The number of alkyl halides is 7. The van der Waals surface area contributed by atoms with Crippen LogP contribution in [0.3, 0.4) is 0 Å². The molecule has 0 bridgehead atoms. The summed E-state index contributed by atoms with van der Waals surface area (Å²) in [7, 11) is 0. The first kappa shape index (κ1) is 68.7. The Morgan fingerprint density at radius 2 is 1.22 bits per heavy atom. The van der Waals surface area contributed by atoms with Crippen LogP contribution in [0.25, 0.3) is 0 Å². The lowest BCUT2D eigenvalue weighted by Gasteiger charge is -2.19. The summed E-state index contributed by atoms with van der Waals surface area (Å²) in [5.41, 5.74) is 12.0. The number of aromatic amines is 1. The first-order chi connectivity index (χ1) is 35.5. The molecule has 0 atom stereocenters. The highest BCUT2D eigenvalue weighted by atomic mass is 79.9. The van der Waals surface area contributed by atoms with E-state index < -0.39 is 41.7 Å². The van der Waals surface area contributed by atoms with Gasteiger partial charge in [-0.3, -0.25) is 24.0 Å². The second-order valence-electron chi connectivity index (χ2n) is 18.7. The van der Waals surface area contributed by atoms with Gasteiger partial charge in [0.05, 0.1) is 37.9 Å². The molecular weight excluding hydrogens is 1160 g/mol. The average molecular weight is 1230 g/mol. The molecule has 0 saturated heterocycles. The molecule has 0 aliphatic rings. The molecule has 77 heavy (non-hydrogen) atoms. The van der Waals surface area contributed by atoms with E-state index >= 15 is 0 Å². The number of aromatic nitrogens is 8. The maximum atomic E-state index is 12.4. The number of halogens is 8. The molecule has 0 saturated carbocycles. The van der Waals surface area contributed by atoms with Gasteiger partial charge in [-0.2, -0.15) is 36.5 Å². The number of rotatable bonds is 26. The number of hydrogen-bond acceptors (Lipinski definition) is 16. The van der Waals surface area contributed by atoms with Crippen molar-refractivity contribution in [1.29, 1.82) is 0 Å². The van der Waals surface area contributed by atoms with Crippen LogP contribution in [0.2, 0.25) is 0 Å². The molecular formula is C46H70Br2F6N16O7. The Hall–Kier alpha value is -6.27. The van der Waals surface area contributed by atoms with Crippen LogP contribution in [-0.4, -0.2) is 106 Å². The van der Waals surface area contributed by atoms with Gasteiger partial charge in [0.1, 0.15) is 22.7 Å². The number of ether oxygens (including phenoxy) is 2. The van der Waals surface area contributed by atoms with Crippen LogP contribution >= 0.6 is 15.9 Å². The summed E-state index contributed by atoms with van der Waals surface area (Å²) < 4.78 is 89.1. The zero-order valence-electron chi connectivity index (χ0n) is 44.1. The lowest BCUT2D eigenvalue weighted by Crippen LogP contribution is -3.00. The molecule has 4 aromatic heterocycles. The number of unbranched alkanes of at least 4 members (excludes halogenated alkanes) is 3. The number of ketones is 1. The smallest absolute Gasteiger partial charge is 0.471 e. The Bertz CT molecular complexity index is 2480. The topological polar surface area (TPSA) is 302 Å². The molecule has 0 spiro atoms. The Labute approximate surface area is 461 Å². The van der Waals surface area contributed by atoms with E-state index in [1.807, 2.05) is 46.9 Å². The number of H-pyrrole nitrogens is 1. The van der Waals surface area contributed by atoms with E-state index in [9.17, 15) is 50.3 Å². The molecule has 0 aliphatic heterocycles. The van der Waals surface area contributed by atoms with Gasteiger partial charge in [-0.05, 0) is 92.9 Å². The Morgan fingerprint density at radius 3 is 1.69 bits per heavy atom. The quantitative estimate of drug-likeness (QED) is 0.0123. The fourth-order valence-electron chi connectivity index (χ4n) is 6.15. The molecule has 0 aromatic carbocycles. The summed E-state index contributed by atoms with van der Waals surface area (Å²) in [6.45, 7) is 14.5. The first-order valence-corrected chi connectivity index (χ1v) is 25.4. The van der Waals surface area contributed by atoms with Gasteiger partial charge in [-0.25, -0.2) is 23.5 Å². The van der Waals surface area contributed by atoms with E-state index in [1.165, 1.54) is 13.1 Å². The van der Waals surface area contributed by atoms with Gasteiger partial charge in [0.15, 0.2) is 11.5 Å². The third-order valence-corrected chi connectivity index (χ3v) is 10.2. The number of amides is 2. The van der Waals surface area contributed by atoms with Crippen molar-refractivity contribution in [2.75, 3.05) is 29.9 Å². The van der Waals surface area contributed by atoms with E-state index in [0.717, 1.165) is 6.42 Å². The second-order valence-corrected chi connectivity index (χ2v) is 19.5. The summed E-state index contributed by atoms with van der Waals surface area (Å²) in [6.07, 6.45) is 4.81. The minimum absolute atomic E-state index is 0. The van der Waals surface area contributed by atoms with Crippen LogP contribution in [0.1, 0.15) is 119 Å². The van der Waals surface area contributed by atoms with E-state index in [0.29, 0.717) is 106 Å². The predicted molar refractivity (Wildman–Crippen MR) is 270 cm³/mol. The number of imidazole rings is 2. The summed E-state index contributed by atoms with van der Waals surface area (Å²) in [6, 6.07) is 0. The summed E-state index contributed by atoms with van der Waals surface area (Å²) in [5, 5.41) is 30.1. The maximum Gasteiger partial charge on any atom is 0.471 e. The largest absolute Gasteiger partial charge is 1.00 e. The SMILES string of the molecule is CC(=O)NCCCn1cc[n+](CCCNC(=O)C(F)(F)F)c1N=Nc1cnn(CCCCC(=O)OC(C)(C)C)c1N.CC(C)(C)OC(=O)CCCCn1ncc(N=Nc2ncc[nH]2)c1N.O=C(CCCCBr)C(F)(F)F.[Br-]. The van der Waals surface area contributed by atoms with Crippen molar-refractivity contribution in [3.8, 4) is 0 Å². The van der Waals surface area contributed by atoms with Crippen LogP contribution < -0.4 is 43.6 Å². The van der Waals surface area contributed by atoms with Crippen molar-refractivity contribution < 1.29 is 81.3 Å². The highest BCUT2D eigenvalue weighted by Gasteiger charge is 2.38. The molecule has 0 aliphatic carbocycles. The minimum atomic E-state index is -4.94. The van der Waals surface area contributed by atoms with Crippen molar-refractivity contribution in [1.82, 2.24) is 44.7 Å². The standard InChI is InChI=1S/C25H38F3N9O4.C15H23N7O2.C6H8BrF3O.BrH/c1-18(38)30-10-7-12-35-15-16-36(13-8-11-31-22(40)25(26,27)28)23(35)34-33-19-17-32-37(21(19)29)14-6-5-9-20(39)41-24(2,3)4;1-15(2,3)24-12(23)6-4-5-9-22-13(16)11(10-19-22)20-21-14-17-7-8-18-14;7-4-2-1-3-5(11)6(8,9)10;/h15-17,29H,5-14H2,1-4H3,(H2,30,31,38,40);7-8,10H,4-6,9,16H2,1-3H3,(H,17,18);1-4H2;1H. The molecule has 4 rings (SSSR count). The normalized spacial score (nSPS) is 11.8. The van der Waals surface area contributed by atoms with Crippen LogP contribution in [0.5, 0.6) is 0 Å². The molecule has 0 fully saturated rings. The Balaban J connectivity index is 0.000000689. The van der Waals surface area contributed by atoms with Gasteiger partial charge in [-0.1, -0.05) is 21.0 Å². The molecule has 23 nitrogen and oxygen atoms in total.